The summed E-state index contributed by atoms with van der Waals surface area (Å²) in [5.74, 6) is 0. The summed E-state index contributed by atoms with van der Waals surface area (Å²) >= 11 is 0. The smallest absolute Gasteiger partial charge is 0.281 e. The lowest BCUT2D eigenvalue weighted by Crippen LogP contribution is -2.25. The van der Waals surface area contributed by atoms with Gasteiger partial charge in [-0.05, 0) is 12.1 Å². The molecule has 0 saturated carbocycles. The van der Waals surface area contributed by atoms with Crippen molar-refractivity contribution < 1.29 is 26.7 Å². The number of benzene rings is 1. The number of nitrogens with zero attached hydrogens (tertiary/aromatic N) is 1. The van der Waals surface area contributed by atoms with Gasteiger partial charge in [-0.15, -0.1) is 0 Å². The van der Waals surface area contributed by atoms with Gasteiger partial charge in [0.1, 0.15) is 0 Å². The minimum atomic E-state index is -5.59. The molecule has 1 aromatic carbocycles. The standard InChI is InChI=1S/C7H5F2NO5S/c8-7(9,16(13,14)15)5-1-3-6(4-2-5)10(11)12/h1-4H,(H,13,14,15). The molecule has 0 aromatic heterocycles. The van der Waals surface area contributed by atoms with Crippen LogP contribution in [-0.4, -0.2) is 17.9 Å². The predicted octanol–water partition coefficient (Wildman–Crippen LogP) is 1.53. The van der Waals surface area contributed by atoms with Crippen molar-refractivity contribution in [2.24, 2.45) is 0 Å². The van der Waals surface area contributed by atoms with Crippen molar-refractivity contribution >= 4 is 15.8 Å². The molecule has 88 valence electrons. The summed E-state index contributed by atoms with van der Waals surface area (Å²) < 4.78 is 54.9. The largest absolute Gasteiger partial charge is 0.395 e. The van der Waals surface area contributed by atoms with Crippen LogP contribution in [-0.2, 0) is 15.4 Å². The summed E-state index contributed by atoms with van der Waals surface area (Å²) in [4.78, 5) is 9.39. The molecule has 0 unspecified atom stereocenters. The third-order valence-corrected chi connectivity index (χ3v) is 2.62. The Morgan fingerprint density at radius 2 is 1.69 bits per heavy atom. The van der Waals surface area contributed by atoms with E-state index in [1.54, 1.807) is 0 Å². The number of halogens is 2. The molecular formula is C7H5F2NO5S. The van der Waals surface area contributed by atoms with Gasteiger partial charge in [-0.1, -0.05) is 0 Å². The topological polar surface area (TPSA) is 97.5 Å². The first-order valence-corrected chi connectivity index (χ1v) is 5.20. The van der Waals surface area contributed by atoms with Gasteiger partial charge in [-0.2, -0.15) is 17.2 Å². The lowest BCUT2D eigenvalue weighted by atomic mass is 10.2. The normalized spacial score (nSPS) is 12.4. The van der Waals surface area contributed by atoms with Gasteiger partial charge in [0.05, 0.1) is 4.92 Å². The second-order valence-corrected chi connectivity index (χ2v) is 4.26. The molecule has 0 aliphatic heterocycles. The minimum Gasteiger partial charge on any atom is -0.281 e. The van der Waals surface area contributed by atoms with Crippen molar-refractivity contribution in [2.75, 3.05) is 0 Å². The van der Waals surface area contributed by atoms with E-state index in [-0.39, 0.29) is 0 Å². The van der Waals surface area contributed by atoms with Gasteiger partial charge in [0.25, 0.3) is 5.69 Å². The molecule has 0 amide bonds. The Morgan fingerprint density at radius 3 is 2.00 bits per heavy atom. The maximum absolute atomic E-state index is 13.0. The summed E-state index contributed by atoms with van der Waals surface area (Å²) in [5.41, 5.74) is -1.50. The van der Waals surface area contributed by atoms with E-state index in [9.17, 15) is 27.3 Å². The van der Waals surface area contributed by atoms with Crippen molar-refractivity contribution in [3.05, 3.63) is 39.9 Å². The molecule has 1 rings (SSSR count). The number of hydrogen-bond donors (Lipinski definition) is 1. The quantitative estimate of drug-likeness (QED) is 0.500. The Kier molecular flexibility index (Phi) is 2.93. The number of nitro groups is 1. The zero-order chi connectivity index (χ0) is 12.6. The highest BCUT2D eigenvalue weighted by Crippen LogP contribution is 2.33. The maximum Gasteiger partial charge on any atom is 0.395 e. The van der Waals surface area contributed by atoms with Crippen LogP contribution in [0.3, 0.4) is 0 Å². The molecule has 0 aliphatic carbocycles. The molecule has 16 heavy (non-hydrogen) atoms. The molecule has 0 bridgehead atoms. The van der Waals surface area contributed by atoms with Crippen molar-refractivity contribution in [3.8, 4) is 0 Å². The van der Waals surface area contributed by atoms with Gasteiger partial charge in [0.2, 0.25) is 0 Å². The first-order chi connectivity index (χ1) is 7.16. The number of nitro benzene ring substituents is 1. The van der Waals surface area contributed by atoms with Crippen LogP contribution in [0, 0.1) is 10.1 Å². The zero-order valence-electron chi connectivity index (χ0n) is 7.50. The summed E-state index contributed by atoms with van der Waals surface area (Å²) in [7, 11) is -5.59. The third kappa shape index (κ3) is 2.14. The molecule has 0 spiro atoms. The summed E-state index contributed by atoms with van der Waals surface area (Å²) in [6, 6.07) is 2.56. The van der Waals surface area contributed by atoms with Crippen LogP contribution in [0.15, 0.2) is 24.3 Å². The fraction of sp³-hybridized carbons (Fsp3) is 0.143. The Bertz CT molecular complexity index is 510. The SMILES string of the molecule is O=[N+]([O-])c1ccc(C(F)(F)S(=O)(=O)O)cc1. The predicted molar refractivity (Wildman–Crippen MR) is 48.5 cm³/mol. The highest BCUT2D eigenvalue weighted by Gasteiger charge is 2.46. The monoisotopic (exact) mass is 253 g/mol. The average Bonchev–Trinajstić information content (AvgIpc) is 2.16. The molecule has 6 nitrogen and oxygen atoms in total. The van der Waals surface area contributed by atoms with Gasteiger partial charge in [-0.25, -0.2) is 0 Å². The second kappa shape index (κ2) is 3.76. The highest BCUT2D eigenvalue weighted by atomic mass is 32.2. The second-order valence-electron chi connectivity index (χ2n) is 2.80. The van der Waals surface area contributed by atoms with Gasteiger partial charge in [-0.3, -0.25) is 14.7 Å². The van der Waals surface area contributed by atoms with Crippen LogP contribution in [0.25, 0.3) is 0 Å². The summed E-state index contributed by atoms with van der Waals surface area (Å²) in [5, 5.41) is 5.73. The first-order valence-electron chi connectivity index (χ1n) is 3.76. The first kappa shape index (κ1) is 12.5. The van der Waals surface area contributed by atoms with Crippen LogP contribution < -0.4 is 0 Å². The van der Waals surface area contributed by atoms with Crippen molar-refractivity contribution in [1.29, 1.82) is 0 Å². The van der Waals surface area contributed by atoms with E-state index in [2.05, 4.69) is 0 Å². The maximum atomic E-state index is 13.0. The molecule has 0 fully saturated rings. The van der Waals surface area contributed by atoms with E-state index in [0.717, 1.165) is 0 Å². The van der Waals surface area contributed by atoms with Crippen molar-refractivity contribution in [2.45, 2.75) is 5.25 Å². The van der Waals surface area contributed by atoms with E-state index >= 15 is 0 Å². The molecule has 0 saturated heterocycles. The summed E-state index contributed by atoms with van der Waals surface area (Å²) in [6.07, 6.45) is 0. The van der Waals surface area contributed by atoms with E-state index in [4.69, 9.17) is 4.55 Å². The Hall–Kier alpha value is -1.61. The molecule has 1 aromatic rings. The Balaban J connectivity index is 3.22. The van der Waals surface area contributed by atoms with Crippen molar-refractivity contribution in [1.82, 2.24) is 0 Å². The Morgan fingerprint density at radius 1 is 1.25 bits per heavy atom. The minimum absolute atomic E-state index is 0.463. The molecule has 0 heterocycles. The molecule has 0 atom stereocenters. The lowest BCUT2D eigenvalue weighted by molar-refractivity contribution is -0.384. The number of rotatable bonds is 3. The zero-order valence-corrected chi connectivity index (χ0v) is 8.32. The van der Waals surface area contributed by atoms with Gasteiger partial charge in [0, 0.05) is 17.7 Å². The number of alkyl halides is 2. The summed E-state index contributed by atoms with van der Waals surface area (Å²) in [6.45, 7) is 0. The number of non-ortho nitro benzene ring substituents is 1. The van der Waals surface area contributed by atoms with E-state index < -0.39 is 31.5 Å². The molecule has 0 radical (unpaired) electrons. The Labute approximate surface area is 88.4 Å². The van der Waals surface area contributed by atoms with Crippen molar-refractivity contribution in [3.63, 3.8) is 0 Å². The number of hydrogen-bond acceptors (Lipinski definition) is 4. The van der Waals surface area contributed by atoms with Crippen LogP contribution in [0.5, 0.6) is 0 Å². The van der Waals surface area contributed by atoms with E-state index in [0.29, 0.717) is 24.3 Å². The van der Waals surface area contributed by atoms with Gasteiger partial charge in [0.15, 0.2) is 0 Å². The van der Waals surface area contributed by atoms with Crippen LogP contribution in [0.2, 0.25) is 0 Å². The molecule has 0 aliphatic rings. The molecular weight excluding hydrogens is 248 g/mol. The molecule has 9 heteroatoms. The average molecular weight is 253 g/mol. The fourth-order valence-electron chi connectivity index (χ4n) is 0.926. The lowest BCUT2D eigenvalue weighted by Gasteiger charge is -2.12. The van der Waals surface area contributed by atoms with Crippen LogP contribution >= 0.6 is 0 Å². The van der Waals surface area contributed by atoms with Crippen LogP contribution in [0.1, 0.15) is 5.56 Å². The van der Waals surface area contributed by atoms with E-state index in [1.165, 1.54) is 0 Å². The molecule has 1 N–H and O–H groups in total. The fourth-order valence-corrected chi connectivity index (χ4v) is 1.36. The third-order valence-electron chi connectivity index (χ3n) is 1.74. The van der Waals surface area contributed by atoms with Gasteiger partial charge < -0.3 is 0 Å². The van der Waals surface area contributed by atoms with Crippen LogP contribution in [0.4, 0.5) is 14.5 Å². The van der Waals surface area contributed by atoms with E-state index in [1.807, 2.05) is 0 Å². The highest BCUT2D eigenvalue weighted by molar-refractivity contribution is 7.86. The van der Waals surface area contributed by atoms with Gasteiger partial charge >= 0.3 is 15.4 Å².